The zero-order chi connectivity index (χ0) is 20.2. The summed E-state index contributed by atoms with van der Waals surface area (Å²) in [5.41, 5.74) is 2.30. The van der Waals surface area contributed by atoms with Crippen molar-refractivity contribution in [3.63, 3.8) is 0 Å². The van der Waals surface area contributed by atoms with Crippen LogP contribution in [0.5, 0.6) is 0 Å². The lowest BCUT2D eigenvalue weighted by molar-refractivity contribution is 0.0976. The van der Waals surface area contributed by atoms with Gasteiger partial charge >= 0.3 is 5.69 Å². The Morgan fingerprint density at radius 2 is 1.90 bits per heavy atom. The zero-order valence-corrected chi connectivity index (χ0v) is 16.2. The molecule has 30 heavy (non-hydrogen) atoms. The van der Waals surface area contributed by atoms with Crippen molar-refractivity contribution >= 4 is 27.8 Å². The molecule has 0 aliphatic carbocycles. The highest BCUT2D eigenvalue weighted by atomic mass is 16.1. The minimum absolute atomic E-state index is 0.229. The molecule has 0 amide bonds. The number of H-pyrrole nitrogens is 3. The van der Waals surface area contributed by atoms with Crippen molar-refractivity contribution in [2.75, 3.05) is 25.0 Å². The minimum Gasteiger partial charge on any atom is -0.379 e. The molecule has 9 heteroatoms. The number of benzene rings is 1. The fourth-order valence-corrected chi connectivity index (χ4v) is 4.87. The number of imidazole rings is 1. The summed E-state index contributed by atoms with van der Waals surface area (Å²) in [5.74, 6) is 1.05. The van der Waals surface area contributed by atoms with Gasteiger partial charge in [-0.2, -0.15) is 0 Å². The quantitative estimate of drug-likeness (QED) is 0.413. The van der Waals surface area contributed by atoms with Gasteiger partial charge in [0, 0.05) is 18.8 Å². The molecule has 152 valence electrons. The van der Waals surface area contributed by atoms with Crippen molar-refractivity contribution in [1.82, 2.24) is 29.8 Å². The molecule has 1 aromatic carbocycles. The molecule has 4 aromatic rings. The van der Waals surface area contributed by atoms with E-state index in [4.69, 9.17) is 0 Å². The molecule has 3 aliphatic heterocycles. The van der Waals surface area contributed by atoms with Crippen LogP contribution in [-0.2, 0) is 0 Å². The Morgan fingerprint density at radius 1 is 1.07 bits per heavy atom. The van der Waals surface area contributed by atoms with E-state index < -0.39 is 5.69 Å². The maximum atomic E-state index is 13.1. The predicted octanol–water partition coefficient (Wildman–Crippen LogP) is 1.66. The monoisotopic (exact) mass is 403 g/mol. The second-order valence-electron chi connectivity index (χ2n) is 8.17. The standard InChI is InChI=1S/C21H21N7O2/c29-20-16(19-24-13-3-1-2-4-14(13)25-19)17(12-9-22-21(30)27-18(12)26-20)23-15-10-28-7-5-11(15)6-8-28/h1-4,9,11,15H,5-8,10H2,(H,24,25)(H3,22,23,26,27,29,30)/t15-/m1/s1. The highest BCUT2D eigenvalue weighted by Gasteiger charge is 2.35. The maximum Gasteiger partial charge on any atom is 0.346 e. The molecule has 4 N–H and O–H groups in total. The van der Waals surface area contributed by atoms with Crippen molar-refractivity contribution in [2.45, 2.75) is 18.9 Å². The van der Waals surface area contributed by atoms with Crippen LogP contribution in [-0.4, -0.2) is 55.5 Å². The predicted molar refractivity (Wildman–Crippen MR) is 115 cm³/mol. The molecule has 3 aromatic heterocycles. The van der Waals surface area contributed by atoms with Gasteiger partial charge in [0.05, 0.1) is 22.1 Å². The summed E-state index contributed by atoms with van der Waals surface area (Å²) >= 11 is 0. The number of aromatic nitrogens is 5. The summed E-state index contributed by atoms with van der Waals surface area (Å²) < 4.78 is 0. The highest BCUT2D eigenvalue weighted by Crippen LogP contribution is 2.34. The van der Waals surface area contributed by atoms with Gasteiger partial charge in [-0.15, -0.1) is 0 Å². The number of para-hydroxylation sites is 2. The molecular weight excluding hydrogens is 382 g/mol. The van der Waals surface area contributed by atoms with E-state index in [1.165, 1.54) is 6.20 Å². The Bertz CT molecular complexity index is 1340. The molecule has 3 saturated heterocycles. The van der Waals surface area contributed by atoms with Gasteiger partial charge in [-0.25, -0.2) is 14.8 Å². The molecule has 9 nitrogen and oxygen atoms in total. The minimum atomic E-state index is -0.497. The molecule has 0 spiro atoms. The van der Waals surface area contributed by atoms with E-state index in [9.17, 15) is 9.59 Å². The van der Waals surface area contributed by atoms with Crippen molar-refractivity contribution in [1.29, 1.82) is 0 Å². The lowest BCUT2D eigenvalue weighted by Gasteiger charge is -2.45. The second-order valence-corrected chi connectivity index (χ2v) is 8.17. The van der Waals surface area contributed by atoms with E-state index in [0.717, 1.165) is 43.5 Å². The largest absolute Gasteiger partial charge is 0.379 e. The van der Waals surface area contributed by atoms with Gasteiger partial charge in [-0.1, -0.05) is 12.1 Å². The molecule has 1 atom stereocenters. The second kappa shape index (κ2) is 6.53. The number of rotatable bonds is 3. The first kappa shape index (κ1) is 17.4. The number of aromatic amines is 3. The van der Waals surface area contributed by atoms with Gasteiger partial charge < -0.3 is 20.2 Å². The molecular formula is C21H21N7O2. The number of nitrogens with one attached hydrogen (secondary N) is 4. The molecule has 0 radical (unpaired) electrons. The summed E-state index contributed by atoms with van der Waals surface area (Å²) in [5, 5.41) is 4.31. The third-order valence-electron chi connectivity index (χ3n) is 6.41. The van der Waals surface area contributed by atoms with E-state index in [-0.39, 0.29) is 11.6 Å². The highest BCUT2D eigenvalue weighted by molar-refractivity contribution is 5.97. The third kappa shape index (κ3) is 2.73. The average molecular weight is 403 g/mol. The molecule has 7 rings (SSSR count). The van der Waals surface area contributed by atoms with E-state index in [0.29, 0.717) is 34.0 Å². The fourth-order valence-electron chi connectivity index (χ4n) is 4.87. The Kier molecular flexibility index (Phi) is 3.79. The van der Waals surface area contributed by atoms with Crippen LogP contribution >= 0.6 is 0 Å². The molecule has 3 fully saturated rings. The third-order valence-corrected chi connectivity index (χ3v) is 6.41. The van der Waals surface area contributed by atoms with Gasteiger partial charge in [0.2, 0.25) is 0 Å². The van der Waals surface area contributed by atoms with E-state index >= 15 is 0 Å². The number of fused-ring (bicyclic) bond motifs is 5. The maximum absolute atomic E-state index is 13.1. The number of pyridine rings is 1. The first-order chi connectivity index (χ1) is 14.7. The topological polar surface area (TPSA) is 123 Å². The number of nitrogens with zero attached hydrogens (tertiary/aromatic N) is 3. The van der Waals surface area contributed by atoms with Crippen LogP contribution in [0.4, 0.5) is 5.69 Å². The van der Waals surface area contributed by atoms with Crippen LogP contribution in [0.15, 0.2) is 40.1 Å². The Morgan fingerprint density at radius 3 is 2.67 bits per heavy atom. The summed E-state index contributed by atoms with van der Waals surface area (Å²) in [6, 6.07) is 7.91. The summed E-state index contributed by atoms with van der Waals surface area (Å²) in [6.07, 6.45) is 3.81. The number of piperidine rings is 3. The average Bonchev–Trinajstić information content (AvgIpc) is 3.18. The lowest BCUT2D eigenvalue weighted by atomic mass is 9.84. The van der Waals surface area contributed by atoms with Gasteiger partial charge in [0.1, 0.15) is 17.0 Å². The van der Waals surface area contributed by atoms with Crippen LogP contribution < -0.4 is 16.6 Å². The summed E-state index contributed by atoms with van der Waals surface area (Å²) in [7, 11) is 0. The van der Waals surface area contributed by atoms with Crippen LogP contribution in [0.3, 0.4) is 0 Å². The number of hydrogen-bond acceptors (Lipinski definition) is 6. The Balaban J connectivity index is 1.56. The SMILES string of the molecule is O=c1ncc2c(N[C@@H]3CN4CCC3CC4)c(-c3nc4ccccc4[nH]3)c(=O)[nH]c2[nH]1. The van der Waals surface area contributed by atoms with Crippen LogP contribution in [0.2, 0.25) is 0 Å². The first-order valence-electron chi connectivity index (χ1n) is 10.2. The fraction of sp³-hybridized carbons (Fsp3) is 0.333. The summed E-state index contributed by atoms with van der Waals surface area (Å²) in [6.45, 7) is 3.20. The van der Waals surface area contributed by atoms with Crippen molar-refractivity contribution in [3.05, 3.63) is 51.3 Å². The van der Waals surface area contributed by atoms with Crippen molar-refractivity contribution in [2.24, 2.45) is 5.92 Å². The Hall–Kier alpha value is -3.46. The number of anilines is 1. The number of hydrogen-bond donors (Lipinski definition) is 4. The van der Waals surface area contributed by atoms with Crippen LogP contribution in [0.1, 0.15) is 12.8 Å². The molecule has 0 unspecified atom stereocenters. The smallest absolute Gasteiger partial charge is 0.346 e. The van der Waals surface area contributed by atoms with Crippen LogP contribution in [0, 0.1) is 5.92 Å². The normalized spacial score (nSPS) is 23.3. The molecule has 2 bridgehead atoms. The van der Waals surface area contributed by atoms with E-state index in [1.807, 2.05) is 24.3 Å². The summed E-state index contributed by atoms with van der Waals surface area (Å²) in [4.78, 5) is 44.6. The van der Waals surface area contributed by atoms with Gasteiger partial charge in [0.15, 0.2) is 0 Å². The zero-order valence-electron chi connectivity index (χ0n) is 16.2. The lowest BCUT2D eigenvalue weighted by Crippen LogP contribution is -2.53. The Labute approximate surface area is 170 Å². The van der Waals surface area contributed by atoms with Gasteiger partial charge in [-0.05, 0) is 44.0 Å². The van der Waals surface area contributed by atoms with E-state index in [1.54, 1.807) is 0 Å². The van der Waals surface area contributed by atoms with Crippen molar-refractivity contribution in [3.8, 4) is 11.4 Å². The molecule has 6 heterocycles. The first-order valence-corrected chi connectivity index (χ1v) is 10.2. The van der Waals surface area contributed by atoms with Crippen molar-refractivity contribution < 1.29 is 0 Å². The van der Waals surface area contributed by atoms with Crippen LogP contribution in [0.25, 0.3) is 33.5 Å². The molecule has 0 saturated carbocycles. The van der Waals surface area contributed by atoms with E-state index in [2.05, 4.69) is 35.1 Å². The molecule has 3 aliphatic rings. The van der Waals surface area contributed by atoms with Gasteiger partial charge in [0.25, 0.3) is 5.56 Å². The van der Waals surface area contributed by atoms with Gasteiger partial charge in [-0.3, -0.25) is 9.78 Å².